The summed E-state index contributed by atoms with van der Waals surface area (Å²) in [7, 11) is 1.77. The van der Waals surface area contributed by atoms with Gasteiger partial charge in [0.2, 0.25) is 0 Å². The summed E-state index contributed by atoms with van der Waals surface area (Å²) in [6, 6.07) is 6.39. The molecule has 1 nitrogen and oxygen atoms in total. The lowest BCUT2D eigenvalue weighted by Gasteiger charge is -2.44. The van der Waals surface area contributed by atoms with Crippen LogP contribution in [0.3, 0.4) is 0 Å². The molecule has 1 atom stereocenters. The Morgan fingerprint density at radius 2 is 2.00 bits per heavy atom. The molecule has 0 saturated carbocycles. The monoisotopic (exact) mass is 336 g/mol. The van der Waals surface area contributed by atoms with Crippen molar-refractivity contribution in [3.05, 3.63) is 39.9 Å². The van der Waals surface area contributed by atoms with Gasteiger partial charge in [-0.15, -0.1) is 0 Å². The number of halogens is 1. The number of methoxy groups -OCH3 is 1. The van der Waals surface area contributed by atoms with Gasteiger partial charge in [0.25, 0.3) is 0 Å². The Kier molecular flexibility index (Phi) is 4.34. The van der Waals surface area contributed by atoms with Crippen molar-refractivity contribution in [3.8, 4) is 5.75 Å². The van der Waals surface area contributed by atoms with Gasteiger partial charge in [-0.1, -0.05) is 48.4 Å². The van der Waals surface area contributed by atoms with E-state index in [2.05, 4.69) is 67.9 Å². The van der Waals surface area contributed by atoms with Crippen LogP contribution in [0.15, 0.2) is 34.3 Å². The molecular formula is C18H25BrO. The van der Waals surface area contributed by atoms with Gasteiger partial charge in [-0.3, -0.25) is 0 Å². The average Bonchev–Trinajstić information content (AvgIpc) is 2.36. The van der Waals surface area contributed by atoms with E-state index in [4.69, 9.17) is 4.74 Å². The van der Waals surface area contributed by atoms with Crippen LogP contribution in [-0.4, -0.2) is 7.11 Å². The van der Waals surface area contributed by atoms with Gasteiger partial charge in [-0.05, 0) is 49.8 Å². The quantitative estimate of drug-likeness (QED) is 0.627. The topological polar surface area (TPSA) is 9.23 Å². The minimum absolute atomic E-state index is 0.178. The highest BCUT2D eigenvalue weighted by Crippen LogP contribution is 2.51. The number of hydrogen-bond acceptors (Lipinski definition) is 1. The highest BCUT2D eigenvalue weighted by atomic mass is 79.9. The minimum atomic E-state index is 0.178. The van der Waals surface area contributed by atoms with Crippen LogP contribution in [0.2, 0.25) is 0 Å². The normalized spacial score (nSPS) is 25.2. The first-order chi connectivity index (χ1) is 9.32. The summed E-state index contributed by atoms with van der Waals surface area (Å²) >= 11 is 3.62. The summed E-state index contributed by atoms with van der Waals surface area (Å²) in [5.41, 5.74) is 3.26. The second kappa shape index (κ2) is 5.55. The Morgan fingerprint density at radius 1 is 1.30 bits per heavy atom. The van der Waals surface area contributed by atoms with Gasteiger partial charge in [0, 0.05) is 15.5 Å². The van der Waals surface area contributed by atoms with E-state index in [0.717, 1.165) is 23.1 Å². The zero-order chi connectivity index (χ0) is 15.0. The molecule has 1 aromatic carbocycles. The van der Waals surface area contributed by atoms with Crippen LogP contribution < -0.4 is 4.74 Å². The van der Waals surface area contributed by atoms with Crippen molar-refractivity contribution in [2.45, 2.75) is 52.4 Å². The van der Waals surface area contributed by atoms with Crippen molar-refractivity contribution in [1.82, 2.24) is 0 Å². The van der Waals surface area contributed by atoms with Crippen molar-refractivity contribution in [2.75, 3.05) is 7.11 Å². The Hall–Kier alpha value is -0.760. The molecule has 2 rings (SSSR count). The first-order valence-corrected chi connectivity index (χ1v) is 8.13. The van der Waals surface area contributed by atoms with Gasteiger partial charge in [-0.2, -0.15) is 0 Å². The van der Waals surface area contributed by atoms with Gasteiger partial charge in [0.15, 0.2) is 0 Å². The van der Waals surface area contributed by atoms with Gasteiger partial charge >= 0.3 is 0 Å². The fourth-order valence-electron chi connectivity index (χ4n) is 3.96. The summed E-state index contributed by atoms with van der Waals surface area (Å²) < 4.78 is 6.77. The lowest BCUT2D eigenvalue weighted by Crippen LogP contribution is -2.35. The summed E-state index contributed by atoms with van der Waals surface area (Å²) in [4.78, 5) is 0. The average molecular weight is 337 g/mol. The molecule has 0 saturated heterocycles. The number of rotatable bonds is 3. The van der Waals surface area contributed by atoms with Gasteiger partial charge < -0.3 is 4.74 Å². The molecule has 0 aromatic heterocycles. The molecule has 0 N–H and O–H groups in total. The standard InChI is InChI=1S/C18H25BrO/c1-6-18(11-13(2)10-17(3,4)12-18)15-9-14(19)7-8-16(15)20-5/h7-10H,6,11-12H2,1-5H3. The Bertz CT molecular complexity index is 530. The van der Waals surface area contributed by atoms with Crippen LogP contribution >= 0.6 is 15.9 Å². The molecule has 2 heteroatoms. The van der Waals surface area contributed by atoms with E-state index in [9.17, 15) is 0 Å². The highest BCUT2D eigenvalue weighted by molar-refractivity contribution is 9.10. The van der Waals surface area contributed by atoms with Crippen molar-refractivity contribution in [3.63, 3.8) is 0 Å². The van der Waals surface area contributed by atoms with Crippen LogP contribution in [-0.2, 0) is 5.41 Å². The van der Waals surface area contributed by atoms with Crippen LogP contribution in [0.1, 0.15) is 52.5 Å². The smallest absolute Gasteiger partial charge is 0.122 e. The summed E-state index contributed by atoms with van der Waals surface area (Å²) in [5, 5.41) is 0. The fourth-order valence-corrected chi connectivity index (χ4v) is 4.32. The lowest BCUT2D eigenvalue weighted by atomic mass is 9.60. The van der Waals surface area contributed by atoms with Crippen LogP contribution in [0.5, 0.6) is 5.75 Å². The molecule has 1 aromatic rings. The third kappa shape index (κ3) is 2.95. The van der Waals surface area contributed by atoms with Gasteiger partial charge in [0.1, 0.15) is 5.75 Å². The molecule has 0 radical (unpaired) electrons. The van der Waals surface area contributed by atoms with Crippen molar-refractivity contribution in [2.24, 2.45) is 5.41 Å². The number of hydrogen-bond donors (Lipinski definition) is 0. The second-order valence-corrected chi connectivity index (χ2v) is 7.73. The third-order valence-electron chi connectivity index (χ3n) is 4.46. The number of benzene rings is 1. The third-order valence-corrected chi connectivity index (χ3v) is 4.95. The molecule has 0 bridgehead atoms. The summed E-state index contributed by atoms with van der Waals surface area (Å²) in [6.07, 6.45) is 5.86. The van der Waals surface area contributed by atoms with Crippen molar-refractivity contribution in [1.29, 1.82) is 0 Å². The van der Waals surface area contributed by atoms with E-state index in [-0.39, 0.29) is 10.8 Å². The minimum Gasteiger partial charge on any atom is -0.496 e. The Morgan fingerprint density at radius 3 is 2.55 bits per heavy atom. The zero-order valence-corrected chi connectivity index (χ0v) is 14.8. The van der Waals surface area contributed by atoms with Crippen molar-refractivity contribution >= 4 is 15.9 Å². The zero-order valence-electron chi connectivity index (χ0n) is 13.2. The molecular weight excluding hydrogens is 312 g/mol. The molecule has 0 heterocycles. The summed E-state index contributed by atoms with van der Waals surface area (Å²) in [5.74, 6) is 1.01. The Labute approximate surface area is 131 Å². The molecule has 1 unspecified atom stereocenters. The Balaban J connectivity index is 2.58. The molecule has 1 aliphatic carbocycles. The number of ether oxygens (including phenoxy) is 1. The molecule has 0 aliphatic heterocycles. The van der Waals surface area contributed by atoms with Crippen LogP contribution in [0.4, 0.5) is 0 Å². The predicted molar refractivity (Wildman–Crippen MR) is 89.4 cm³/mol. The maximum absolute atomic E-state index is 5.64. The van der Waals surface area contributed by atoms with E-state index in [1.54, 1.807) is 7.11 Å². The number of allylic oxidation sites excluding steroid dienone is 2. The van der Waals surface area contributed by atoms with Crippen LogP contribution in [0, 0.1) is 5.41 Å². The molecule has 110 valence electrons. The van der Waals surface area contributed by atoms with Gasteiger partial charge in [0.05, 0.1) is 7.11 Å². The maximum atomic E-state index is 5.64. The van der Waals surface area contributed by atoms with Crippen LogP contribution in [0.25, 0.3) is 0 Å². The second-order valence-electron chi connectivity index (χ2n) is 6.81. The molecule has 20 heavy (non-hydrogen) atoms. The largest absolute Gasteiger partial charge is 0.496 e. The van der Waals surface area contributed by atoms with E-state index in [1.807, 2.05) is 0 Å². The van der Waals surface area contributed by atoms with E-state index in [0.29, 0.717) is 0 Å². The fraction of sp³-hybridized carbons (Fsp3) is 0.556. The molecule has 0 spiro atoms. The summed E-state index contributed by atoms with van der Waals surface area (Å²) in [6.45, 7) is 9.24. The van der Waals surface area contributed by atoms with Crippen molar-refractivity contribution < 1.29 is 4.74 Å². The predicted octanol–water partition coefficient (Wildman–Crippen LogP) is 5.87. The lowest BCUT2D eigenvalue weighted by molar-refractivity contribution is 0.241. The molecule has 0 fully saturated rings. The molecule has 1 aliphatic rings. The van der Waals surface area contributed by atoms with Gasteiger partial charge in [-0.25, -0.2) is 0 Å². The first kappa shape index (κ1) is 15.6. The first-order valence-electron chi connectivity index (χ1n) is 7.34. The maximum Gasteiger partial charge on any atom is 0.122 e. The van der Waals surface area contributed by atoms with E-state index < -0.39 is 0 Å². The van der Waals surface area contributed by atoms with E-state index in [1.165, 1.54) is 17.6 Å². The molecule has 0 amide bonds. The SMILES string of the molecule is CCC1(c2cc(Br)ccc2OC)CC(C)=CC(C)(C)C1. The van der Waals surface area contributed by atoms with E-state index >= 15 is 0 Å². The highest BCUT2D eigenvalue weighted by Gasteiger charge is 2.41.